The van der Waals surface area contributed by atoms with Gasteiger partial charge in [-0.25, -0.2) is 8.42 Å². The number of carbonyl (C=O) groups excluding carboxylic acids is 2. The molecule has 182 valence electrons. The van der Waals surface area contributed by atoms with Gasteiger partial charge < -0.3 is 14.9 Å². The van der Waals surface area contributed by atoms with Crippen LogP contribution < -0.4 is 4.72 Å². The van der Waals surface area contributed by atoms with Gasteiger partial charge in [-0.3, -0.25) is 14.3 Å². The van der Waals surface area contributed by atoms with E-state index in [1.54, 1.807) is 47.1 Å². The molecule has 9 heteroatoms. The summed E-state index contributed by atoms with van der Waals surface area (Å²) in [6.07, 6.45) is 1.56. The van der Waals surface area contributed by atoms with Crippen LogP contribution in [0, 0.1) is 0 Å². The minimum atomic E-state index is -3.45. The lowest BCUT2D eigenvalue weighted by molar-refractivity contribution is -0.143. The zero-order valence-corrected chi connectivity index (χ0v) is 20.3. The number of hydrogen-bond donors (Lipinski definition) is 2. The van der Waals surface area contributed by atoms with Gasteiger partial charge in [0, 0.05) is 37.4 Å². The van der Waals surface area contributed by atoms with Crippen molar-refractivity contribution in [2.24, 2.45) is 0 Å². The van der Waals surface area contributed by atoms with E-state index >= 15 is 0 Å². The number of anilines is 1. The van der Waals surface area contributed by atoms with Gasteiger partial charge >= 0.3 is 0 Å². The van der Waals surface area contributed by atoms with E-state index < -0.39 is 20.9 Å². The molecule has 2 aromatic rings. The Labute approximate surface area is 200 Å². The number of hydrogen-bond acceptors (Lipinski definition) is 5. The van der Waals surface area contributed by atoms with Crippen LogP contribution in [0.1, 0.15) is 43.5 Å². The molecule has 1 atom stereocenters. The number of amides is 2. The van der Waals surface area contributed by atoms with E-state index in [4.69, 9.17) is 0 Å². The summed E-state index contributed by atoms with van der Waals surface area (Å²) in [5.41, 5.74) is 1.59. The van der Waals surface area contributed by atoms with E-state index in [2.05, 4.69) is 4.72 Å². The first-order valence-electron chi connectivity index (χ1n) is 11.7. The number of piperazine rings is 1. The summed E-state index contributed by atoms with van der Waals surface area (Å²) in [6.45, 7) is 5.22. The van der Waals surface area contributed by atoms with Gasteiger partial charge in [0.15, 0.2) is 0 Å². The van der Waals surface area contributed by atoms with Gasteiger partial charge in [0.1, 0.15) is 5.60 Å². The smallest absolute Gasteiger partial charge is 0.254 e. The average Bonchev–Trinajstić information content (AvgIpc) is 3.61. The standard InChI is InChI=1S/C25H31N3O5S/c1-3-18(2)34(32,33)26-22-6-4-5-21(17-22)19-7-9-20(10-8-19)23(29)27-13-15-28(16-14-27)24(30)25(31)11-12-25/h4-10,17-18,26,31H,3,11-16H2,1-2H3. The van der Waals surface area contributed by atoms with Crippen LogP contribution in [0.5, 0.6) is 0 Å². The second kappa shape index (κ2) is 9.38. The Morgan fingerprint density at radius 1 is 1.00 bits per heavy atom. The van der Waals surface area contributed by atoms with Gasteiger partial charge in [-0.15, -0.1) is 0 Å². The number of carbonyl (C=O) groups is 2. The van der Waals surface area contributed by atoms with Crippen LogP contribution in [0.2, 0.25) is 0 Å². The van der Waals surface area contributed by atoms with Crippen LogP contribution in [0.3, 0.4) is 0 Å². The molecule has 2 N–H and O–H groups in total. The number of aliphatic hydroxyl groups is 1. The zero-order valence-electron chi connectivity index (χ0n) is 19.5. The molecule has 1 aliphatic carbocycles. The number of nitrogens with zero attached hydrogens (tertiary/aromatic N) is 2. The summed E-state index contributed by atoms with van der Waals surface area (Å²) in [7, 11) is -3.45. The highest BCUT2D eigenvalue weighted by molar-refractivity contribution is 7.93. The summed E-state index contributed by atoms with van der Waals surface area (Å²) in [5, 5.41) is 9.54. The fourth-order valence-corrected chi connectivity index (χ4v) is 5.07. The lowest BCUT2D eigenvalue weighted by Crippen LogP contribution is -2.53. The monoisotopic (exact) mass is 485 g/mol. The first kappa shape index (κ1) is 24.2. The topological polar surface area (TPSA) is 107 Å². The van der Waals surface area contributed by atoms with Crippen LogP contribution in [0.15, 0.2) is 48.5 Å². The van der Waals surface area contributed by atoms with Crippen LogP contribution >= 0.6 is 0 Å². The van der Waals surface area contributed by atoms with E-state index in [0.717, 1.165) is 11.1 Å². The van der Waals surface area contributed by atoms with Crippen LogP contribution in [-0.2, 0) is 14.8 Å². The lowest BCUT2D eigenvalue weighted by atomic mass is 10.0. The summed E-state index contributed by atoms with van der Waals surface area (Å²) in [6, 6.07) is 14.4. The molecular formula is C25H31N3O5S. The van der Waals surface area contributed by atoms with Crippen molar-refractivity contribution in [2.45, 2.75) is 44.0 Å². The fourth-order valence-electron chi connectivity index (χ4n) is 3.97. The number of benzene rings is 2. The van der Waals surface area contributed by atoms with E-state index in [9.17, 15) is 23.1 Å². The third-order valence-corrected chi connectivity index (χ3v) is 8.58. The van der Waals surface area contributed by atoms with Gasteiger partial charge in [-0.1, -0.05) is 31.2 Å². The molecule has 2 aromatic carbocycles. The highest BCUT2D eigenvalue weighted by atomic mass is 32.2. The summed E-state index contributed by atoms with van der Waals surface area (Å²) >= 11 is 0. The van der Waals surface area contributed by atoms with E-state index in [0.29, 0.717) is 56.7 Å². The number of sulfonamides is 1. The molecule has 2 amide bonds. The Morgan fingerprint density at radius 3 is 2.21 bits per heavy atom. The van der Waals surface area contributed by atoms with Crippen molar-refractivity contribution in [1.82, 2.24) is 9.80 Å². The number of nitrogens with one attached hydrogen (secondary N) is 1. The van der Waals surface area contributed by atoms with Crippen molar-refractivity contribution < 1.29 is 23.1 Å². The molecular weight excluding hydrogens is 454 g/mol. The molecule has 4 rings (SSSR count). The van der Waals surface area contributed by atoms with Crippen molar-refractivity contribution in [2.75, 3.05) is 30.9 Å². The van der Waals surface area contributed by atoms with Gasteiger partial charge in [0.05, 0.1) is 5.25 Å². The first-order valence-corrected chi connectivity index (χ1v) is 13.2. The Balaban J connectivity index is 1.40. The summed E-state index contributed by atoms with van der Waals surface area (Å²) in [5.74, 6) is -0.323. The molecule has 0 aromatic heterocycles. The fraction of sp³-hybridized carbons (Fsp3) is 0.440. The van der Waals surface area contributed by atoms with Gasteiger partial charge in [-0.2, -0.15) is 0 Å². The van der Waals surface area contributed by atoms with Crippen molar-refractivity contribution in [3.63, 3.8) is 0 Å². The third kappa shape index (κ3) is 5.10. The van der Waals surface area contributed by atoms with Crippen molar-refractivity contribution >= 4 is 27.5 Å². The highest BCUT2D eigenvalue weighted by Gasteiger charge is 2.50. The molecule has 0 bridgehead atoms. The molecule has 1 saturated carbocycles. The van der Waals surface area contributed by atoms with Crippen LogP contribution in [0.25, 0.3) is 11.1 Å². The molecule has 2 fully saturated rings. The van der Waals surface area contributed by atoms with E-state index in [1.807, 2.05) is 25.1 Å². The van der Waals surface area contributed by atoms with Crippen LogP contribution in [-0.4, -0.2) is 72.2 Å². The summed E-state index contributed by atoms with van der Waals surface area (Å²) < 4.78 is 27.4. The summed E-state index contributed by atoms with van der Waals surface area (Å²) in [4.78, 5) is 28.6. The largest absolute Gasteiger partial charge is 0.380 e. The normalized spacial score (nSPS) is 18.3. The maximum atomic E-state index is 12.9. The van der Waals surface area contributed by atoms with E-state index in [-0.39, 0.29) is 11.8 Å². The zero-order chi connectivity index (χ0) is 24.5. The first-order chi connectivity index (χ1) is 16.1. The quantitative estimate of drug-likeness (QED) is 0.627. The van der Waals surface area contributed by atoms with Gasteiger partial charge in [-0.05, 0) is 61.6 Å². The predicted molar refractivity (Wildman–Crippen MR) is 131 cm³/mol. The molecule has 34 heavy (non-hydrogen) atoms. The van der Waals surface area contributed by atoms with Crippen molar-refractivity contribution in [1.29, 1.82) is 0 Å². The molecule has 2 aliphatic rings. The average molecular weight is 486 g/mol. The van der Waals surface area contributed by atoms with Crippen molar-refractivity contribution in [3.05, 3.63) is 54.1 Å². The third-order valence-electron chi connectivity index (χ3n) is 6.67. The van der Waals surface area contributed by atoms with Crippen LogP contribution in [0.4, 0.5) is 5.69 Å². The predicted octanol–water partition coefficient (Wildman–Crippen LogP) is 2.70. The minimum Gasteiger partial charge on any atom is -0.380 e. The lowest BCUT2D eigenvalue weighted by Gasteiger charge is -2.35. The molecule has 1 heterocycles. The van der Waals surface area contributed by atoms with Gasteiger partial charge in [0.2, 0.25) is 10.0 Å². The second-order valence-corrected chi connectivity index (χ2v) is 11.2. The molecule has 1 aliphatic heterocycles. The maximum Gasteiger partial charge on any atom is 0.254 e. The Kier molecular flexibility index (Phi) is 6.69. The molecule has 0 radical (unpaired) electrons. The molecule has 8 nitrogen and oxygen atoms in total. The highest BCUT2D eigenvalue weighted by Crippen LogP contribution is 2.37. The Hall–Kier alpha value is -2.91. The minimum absolute atomic E-state index is 0.0983. The SMILES string of the molecule is CCC(C)S(=O)(=O)Nc1cccc(-c2ccc(C(=O)N3CCN(C(=O)C4(O)CC4)CC3)cc2)c1. The Morgan fingerprint density at radius 2 is 1.62 bits per heavy atom. The van der Waals surface area contributed by atoms with E-state index in [1.165, 1.54) is 0 Å². The molecule has 0 spiro atoms. The maximum absolute atomic E-state index is 12.9. The van der Waals surface area contributed by atoms with Crippen molar-refractivity contribution in [3.8, 4) is 11.1 Å². The van der Waals surface area contributed by atoms with Gasteiger partial charge in [0.25, 0.3) is 11.8 Å². The molecule has 1 saturated heterocycles. The molecule has 1 unspecified atom stereocenters. The number of rotatable bonds is 7. The Bertz CT molecular complexity index is 1170. The second-order valence-electron chi connectivity index (χ2n) is 9.14.